The van der Waals surface area contributed by atoms with E-state index in [9.17, 15) is 0 Å². The van der Waals surface area contributed by atoms with E-state index in [-0.39, 0.29) is 5.41 Å². The van der Waals surface area contributed by atoms with Crippen molar-refractivity contribution in [1.82, 2.24) is 9.55 Å². The fourth-order valence-electron chi connectivity index (χ4n) is 2.11. The summed E-state index contributed by atoms with van der Waals surface area (Å²) < 4.78 is 2.30. The molecule has 17 heavy (non-hydrogen) atoms. The molecule has 2 N–H and O–H groups in total. The number of nitrogens with zero attached hydrogens (tertiary/aromatic N) is 2. The molecule has 1 atom stereocenters. The summed E-state index contributed by atoms with van der Waals surface area (Å²) in [7, 11) is 0. The Labute approximate surface area is 103 Å². The minimum absolute atomic E-state index is 0.208. The van der Waals surface area contributed by atoms with Gasteiger partial charge in [0.2, 0.25) is 0 Å². The number of imidazole rings is 1. The van der Waals surface area contributed by atoms with Gasteiger partial charge in [0.15, 0.2) is 0 Å². The number of nitrogens with two attached hydrogens (primary N) is 1. The van der Waals surface area contributed by atoms with Gasteiger partial charge >= 0.3 is 0 Å². The van der Waals surface area contributed by atoms with Gasteiger partial charge in [-0.15, -0.1) is 0 Å². The maximum Gasteiger partial charge on any atom is 0.106 e. The smallest absolute Gasteiger partial charge is 0.106 e. The fourth-order valence-corrected chi connectivity index (χ4v) is 2.11. The lowest BCUT2D eigenvalue weighted by Crippen LogP contribution is -2.22. The lowest BCUT2D eigenvalue weighted by molar-refractivity contribution is 0.264. The number of benzene rings is 1. The number of nitrogen functional groups attached to an aromatic ring is 1. The van der Waals surface area contributed by atoms with E-state index in [1.54, 1.807) is 0 Å². The number of aryl methyl sites for hydroxylation is 1. The van der Waals surface area contributed by atoms with Crippen LogP contribution in [0.1, 0.15) is 39.6 Å². The Hall–Kier alpha value is -1.51. The number of rotatable bonds is 1. The molecule has 92 valence electrons. The Bertz CT molecular complexity index is 546. The number of hydrogen-bond acceptors (Lipinski definition) is 2. The Kier molecular flexibility index (Phi) is 2.64. The molecule has 2 rings (SSSR count). The maximum atomic E-state index is 5.80. The monoisotopic (exact) mass is 231 g/mol. The predicted octanol–water partition coefficient (Wildman–Crippen LogP) is 3.53. The van der Waals surface area contributed by atoms with Crippen molar-refractivity contribution in [1.29, 1.82) is 0 Å². The fraction of sp³-hybridized carbons (Fsp3) is 0.500. The van der Waals surface area contributed by atoms with E-state index in [2.05, 4.69) is 50.2 Å². The van der Waals surface area contributed by atoms with Crippen LogP contribution in [0.5, 0.6) is 0 Å². The van der Waals surface area contributed by atoms with Gasteiger partial charge in [-0.3, -0.25) is 0 Å². The van der Waals surface area contributed by atoms with Crippen LogP contribution in [0, 0.1) is 12.3 Å². The van der Waals surface area contributed by atoms with Gasteiger partial charge in [-0.2, -0.15) is 0 Å². The van der Waals surface area contributed by atoms with Crippen molar-refractivity contribution in [2.75, 3.05) is 5.73 Å². The first-order valence-corrected chi connectivity index (χ1v) is 6.05. The molecule has 0 amide bonds. The van der Waals surface area contributed by atoms with Crippen LogP contribution in [0.3, 0.4) is 0 Å². The average molecular weight is 231 g/mol. The number of fused-ring (bicyclic) bond motifs is 1. The molecule has 3 heteroatoms. The molecule has 3 nitrogen and oxygen atoms in total. The molecular formula is C14H21N3. The van der Waals surface area contributed by atoms with E-state index >= 15 is 0 Å². The number of aromatic nitrogens is 2. The highest BCUT2D eigenvalue weighted by molar-refractivity contribution is 5.79. The summed E-state index contributed by atoms with van der Waals surface area (Å²) in [6.45, 7) is 11.0. The van der Waals surface area contributed by atoms with Gasteiger partial charge in [0.05, 0.1) is 11.0 Å². The molecule has 0 aliphatic carbocycles. The van der Waals surface area contributed by atoms with Crippen LogP contribution in [0.25, 0.3) is 11.0 Å². The van der Waals surface area contributed by atoms with Crippen LogP contribution in [0.15, 0.2) is 18.2 Å². The molecule has 0 bridgehead atoms. The molecule has 0 radical (unpaired) electrons. The Morgan fingerprint density at radius 3 is 2.53 bits per heavy atom. The molecule has 1 aromatic heterocycles. The van der Waals surface area contributed by atoms with Crippen LogP contribution in [-0.4, -0.2) is 9.55 Å². The van der Waals surface area contributed by atoms with Crippen molar-refractivity contribution in [2.24, 2.45) is 5.41 Å². The molecule has 0 aliphatic rings. The van der Waals surface area contributed by atoms with Crippen LogP contribution in [-0.2, 0) is 0 Å². The third-order valence-electron chi connectivity index (χ3n) is 3.53. The second-order valence-electron chi connectivity index (χ2n) is 5.82. The molecule has 0 saturated heterocycles. The van der Waals surface area contributed by atoms with Gasteiger partial charge in [0, 0.05) is 11.7 Å². The highest BCUT2D eigenvalue weighted by Crippen LogP contribution is 2.34. The van der Waals surface area contributed by atoms with Crippen molar-refractivity contribution in [3.8, 4) is 0 Å². The largest absolute Gasteiger partial charge is 0.399 e. The van der Waals surface area contributed by atoms with Crippen molar-refractivity contribution >= 4 is 16.7 Å². The third kappa shape index (κ3) is 2.02. The Morgan fingerprint density at radius 2 is 1.94 bits per heavy atom. The predicted molar refractivity (Wildman–Crippen MR) is 73.0 cm³/mol. The second kappa shape index (κ2) is 3.76. The minimum atomic E-state index is 0.208. The van der Waals surface area contributed by atoms with E-state index in [0.29, 0.717) is 6.04 Å². The van der Waals surface area contributed by atoms with Crippen LogP contribution in [0.4, 0.5) is 5.69 Å². The van der Waals surface area contributed by atoms with Crippen LogP contribution < -0.4 is 5.73 Å². The molecule has 0 fully saturated rings. The second-order valence-corrected chi connectivity index (χ2v) is 5.82. The van der Waals surface area contributed by atoms with Gasteiger partial charge in [-0.1, -0.05) is 20.8 Å². The van der Waals surface area contributed by atoms with Gasteiger partial charge in [0.25, 0.3) is 0 Å². The zero-order valence-electron chi connectivity index (χ0n) is 11.3. The zero-order valence-corrected chi connectivity index (χ0v) is 11.3. The number of anilines is 1. The van der Waals surface area contributed by atoms with E-state index in [0.717, 1.165) is 17.0 Å². The van der Waals surface area contributed by atoms with Gasteiger partial charge in [-0.05, 0) is 37.5 Å². The van der Waals surface area contributed by atoms with Crippen LogP contribution in [0.2, 0.25) is 0 Å². The first-order valence-electron chi connectivity index (χ1n) is 6.05. The van der Waals surface area contributed by atoms with E-state index in [1.165, 1.54) is 5.52 Å². The molecule has 0 aliphatic heterocycles. The van der Waals surface area contributed by atoms with Crippen molar-refractivity contribution < 1.29 is 0 Å². The summed E-state index contributed by atoms with van der Waals surface area (Å²) in [5.41, 5.74) is 8.92. The Morgan fingerprint density at radius 1 is 1.29 bits per heavy atom. The molecule has 0 saturated carbocycles. The zero-order chi connectivity index (χ0) is 12.8. The first-order chi connectivity index (χ1) is 7.80. The summed E-state index contributed by atoms with van der Waals surface area (Å²) in [6, 6.07) is 6.34. The average Bonchev–Trinajstić information content (AvgIpc) is 2.50. The van der Waals surface area contributed by atoms with Gasteiger partial charge in [0.1, 0.15) is 5.82 Å². The van der Waals surface area contributed by atoms with Crippen molar-refractivity contribution in [2.45, 2.75) is 40.7 Å². The van der Waals surface area contributed by atoms with E-state index in [4.69, 9.17) is 5.73 Å². The van der Waals surface area contributed by atoms with Crippen molar-refractivity contribution in [3.63, 3.8) is 0 Å². The summed E-state index contributed by atoms with van der Waals surface area (Å²) in [6.07, 6.45) is 0. The highest BCUT2D eigenvalue weighted by atomic mass is 15.1. The Balaban J connectivity index is 2.65. The maximum absolute atomic E-state index is 5.80. The molecular weight excluding hydrogens is 210 g/mol. The van der Waals surface area contributed by atoms with E-state index < -0.39 is 0 Å². The lowest BCUT2D eigenvalue weighted by atomic mass is 9.87. The standard InChI is InChI=1S/C14H21N3/c1-9(14(3,4)5)17-10(2)16-12-8-11(15)6-7-13(12)17/h6-9H,15H2,1-5H3. The van der Waals surface area contributed by atoms with Crippen molar-refractivity contribution in [3.05, 3.63) is 24.0 Å². The topological polar surface area (TPSA) is 43.8 Å². The number of hydrogen-bond donors (Lipinski definition) is 1. The normalized spacial score (nSPS) is 14.2. The molecule has 1 unspecified atom stereocenters. The SMILES string of the molecule is Cc1nc2cc(N)ccc2n1C(C)C(C)(C)C. The highest BCUT2D eigenvalue weighted by Gasteiger charge is 2.24. The summed E-state index contributed by atoms with van der Waals surface area (Å²) in [5.74, 6) is 1.05. The summed E-state index contributed by atoms with van der Waals surface area (Å²) in [5, 5.41) is 0. The lowest BCUT2D eigenvalue weighted by Gasteiger charge is -2.30. The van der Waals surface area contributed by atoms with E-state index in [1.807, 2.05) is 12.1 Å². The first kappa shape index (κ1) is 12.0. The molecule has 0 spiro atoms. The molecule has 1 aromatic carbocycles. The minimum Gasteiger partial charge on any atom is -0.399 e. The molecule has 2 aromatic rings. The summed E-state index contributed by atoms with van der Waals surface area (Å²) in [4.78, 5) is 4.59. The summed E-state index contributed by atoms with van der Waals surface area (Å²) >= 11 is 0. The van der Waals surface area contributed by atoms with Gasteiger partial charge in [-0.25, -0.2) is 4.98 Å². The third-order valence-corrected chi connectivity index (χ3v) is 3.53. The van der Waals surface area contributed by atoms with Crippen LogP contribution >= 0.6 is 0 Å². The van der Waals surface area contributed by atoms with Gasteiger partial charge < -0.3 is 10.3 Å². The quantitative estimate of drug-likeness (QED) is 0.763. The molecule has 1 heterocycles.